The second-order valence-electron chi connectivity index (χ2n) is 11.6. The second kappa shape index (κ2) is 10.9. The van der Waals surface area contributed by atoms with Gasteiger partial charge in [-0.2, -0.15) is 5.10 Å². The molecule has 0 radical (unpaired) electrons. The van der Waals surface area contributed by atoms with Crippen LogP contribution in [0.2, 0.25) is 0 Å². The zero-order valence-corrected chi connectivity index (χ0v) is 24.9. The van der Waals surface area contributed by atoms with E-state index < -0.39 is 6.10 Å². The van der Waals surface area contributed by atoms with Crippen molar-refractivity contribution in [3.05, 3.63) is 95.4 Å². The maximum absolute atomic E-state index is 13.6. The fourth-order valence-corrected chi connectivity index (χ4v) is 6.30. The molecule has 0 saturated carbocycles. The van der Waals surface area contributed by atoms with E-state index in [9.17, 15) is 14.7 Å². The largest absolute Gasteiger partial charge is 0.384 e. The van der Waals surface area contributed by atoms with Crippen molar-refractivity contribution in [2.75, 3.05) is 13.1 Å². The number of aliphatic hydroxyl groups is 1. The third-order valence-electron chi connectivity index (χ3n) is 8.77. The summed E-state index contributed by atoms with van der Waals surface area (Å²) in [7, 11) is 3.66. The van der Waals surface area contributed by atoms with Crippen LogP contribution in [0.5, 0.6) is 0 Å². The molecule has 1 fully saturated rings. The van der Waals surface area contributed by atoms with Gasteiger partial charge in [0.05, 0.1) is 40.3 Å². The Morgan fingerprint density at radius 3 is 2.32 bits per heavy atom. The average Bonchev–Trinajstić information content (AvgIpc) is 3.60. The van der Waals surface area contributed by atoms with E-state index in [0.29, 0.717) is 19.0 Å². The number of imidazole rings is 1. The van der Waals surface area contributed by atoms with Crippen molar-refractivity contribution in [3.8, 4) is 28.1 Å². The van der Waals surface area contributed by atoms with E-state index in [2.05, 4.69) is 33.3 Å². The van der Waals surface area contributed by atoms with Crippen LogP contribution in [0.4, 0.5) is 0 Å². The third-order valence-corrected chi connectivity index (χ3v) is 8.77. The van der Waals surface area contributed by atoms with E-state index in [-0.39, 0.29) is 11.6 Å². The number of aromatic nitrogens is 6. The van der Waals surface area contributed by atoms with E-state index in [1.807, 2.05) is 55.8 Å². The molecule has 5 heterocycles. The highest BCUT2D eigenvalue weighted by atomic mass is 16.3. The molecule has 6 aromatic rings. The van der Waals surface area contributed by atoms with Gasteiger partial charge in [-0.3, -0.25) is 28.6 Å². The van der Waals surface area contributed by atoms with E-state index in [1.165, 1.54) is 12.5 Å². The first kappa shape index (κ1) is 27.7. The molecule has 2 aromatic carbocycles. The zero-order chi connectivity index (χ0) is 30.5. The van der Waals surface area contributed by atoms with Crippen LogP contribution in [-0.4, -0.2) is 64.0 Å². The van der Waals surface area contributed by atoms with Crippen molar-refractivity contribution in [2.45, 2.75) is 31.8 Å². The van der Waals surface area contributed by atoms with E-state index in [4.69, 9.17) is 0 Å². The topological polar surface area (TPSA) is 111 Å². The highest BCUT2D eigenvalue weighted by Gasteiger charge is 2.26. The molecule has 1 aliphatic heterocycles. The van der Waals surface area contributed by atoms with Crippen LogP contribution in [0, 0.1) is 0 Å². The number of benzene rings is 2. The van der Waals surface area contributed by atoms with Gasteiger partial charge in [-0.05, 0) is 67.1 Å². The Morgan fingerprint density at radius 1 is 0.909 bits per heavy atom. The van der Waals surface area contributed by atoms with Gasteiger partial charge in [-0.25, -0.2) is 4.79 Å². The molecule has 222 valence electrons. The maximum Gasteiger partial charge on any atom is 0.333 e. The summed E-state index contributed by atoms with van der Waals surface area (Å²) in [6, 6.07) is 18.3. The number of aliphatic hydroxyl groups excluding tert-OH is 1. The van der Waals surface area contributed by atoms with Crippen LogP contribution < -0.4 is 5.69 Å². The van der Waals surface area contributed by atoms with Crippen molar-refractivity contribution in [1.29, 1.82) is 0 Å². The van der Waals surface area contributed by atoms with Crippen molar-refractivity contribution in [1.82, 2.24) is 33.8 Å². The van der Waals surface area contributed by atoms with Crippen LogP contribution >= 0.6 is 0 Å². The molecular weight excluding hydrogens is 554 g/mol. The Hall–Kier alpha value is -5.09. The Bertz CT molecular complexity index is 2060. The van der Waals surface area contributed by atoms with E-state index in [1.54, 1.807) is 38.2 Å². The summed E-state index contributed by atoms with van der Waals surface area (Å²) in [5, 5.41) is 14.8. The zero-order valence-electron chi connectivity index (χ0n) is 24.9. The van der Waals surface area contributed by atoms with E-state index in [0.717, 1.165) is 62.8 Å². The van der Waals surface area contributed by atoms with E-state index >= 15 is 0 Å². The highest BCUT2D eigenvalue weighted by Crippen LogP contribution is 2.32. The molecule has 1 saturated heterocycles. The molecule has 0 spiro atoms. The Kier molecular flexibility index (Phi) is 6.85. The molecule has 0 bridgehead atoms. The standard InChI is InChI=1S/C34H33N7O3/c1-21(42)33(43)40-14-12-23(13-15-40)22-4-8-27(9-5-22)41-32-28-16-24(6-11-30(28)36-19-31(32)39(3)34(41)44)25-7-10-29(35-17-25)26-18-37-38(2)20-26/h4-11,16-21,23,42H,12-15H2,1-3H3/t21-/m0/s1. The van der Waals surface area contributed by atoms with Gasteiger partial charge in [0.1, 0.15) is 6.10 Å². The molecule has 1 amide bonds. The molecular formula is C34H33N7O3. The number of carbonyl (C=O) groups is 1. The number of nitrogens with zero attached hydrogens (tertiary/aromatic N) is 7. The normalized spacial score (nSPS) is 14.9. The first-order chi connectivity index (χ1) is 21.3. The minimum absolute atomic E-state index is 0.139. The number of aryl methyl sites for hydroxylation is 2. The summed E-state index contributed by atoms with van der Waals surface area (Å²) in [5.74, 6) is 0.106. The summed E-state index contributed by atoms with van der Waals surface area (Å²) >= 11 is 0. The summed E-state index contributed by atoms with van der Waals surface area (Å²) in [6.45, 7) is 2.77. The quantitative estimate of drug-likeness (QED) is 0.320. The molecule has 10 heteroatoms. The second-order valence-corrected chi connectivity index (χ2v) is 11.6. The van der Waals surface area contributed by atoms with Gasteiger partial charge in [-0.15, -0.1) is 0 Å². The van der Waals surface area contributed by atoms with Crippen molar-refractivity contribution in [3.63, 3.8) is 0 Å². The van der Waals surface area contributed by atoms with Gasteiger partial charge in [0.25, 0.3) is 5.91 Å². The fourth-order valence-electron chi connectivity index (χ4n) is 6.30. The number of hydrogen-bond donors (Lipinski definition) is 1. The van der Waals surface area contributed by atoms with Crippen LogP contribution in [0.15, 0.2) is 84.2 Å². The van der Waals surface area contributed by atoms with Gasteiger partial charge < -0.3 is 10.0 Å². The summed E-state index contributed by atoms with van der Waals surface area (Å²) < 4.78 is 5.16. The van der Waals surface area contributed by atoms with Crippen molar-refractivity contribution in [2.24, 2.45) is 14.1 Å². The monoisotopic (exact) mass is 587 g/mol. The molecule has 0 aliphatic carbocycles. The van der Waals surface area contributed by atoms with Crippen LogP contribution in [-0.2, 0) is 18.9 Å². The minimum atomic E-state index is -0.971. The number of hydrogen-bond acceptors (Lipinski definition) is 6. The molecule has 1 atom stereocenters. The summed E-state index contributed by atoms with van der Waals surface area (Å²) in [5.41, 5.74) is 7.95. The molecule has 7 rings (SSSR count). The molecule has 1 aliphatic rings. The average molecular weight is 588 g/mol. The predicted octanol–water partition coefficient (Wildman–Crippen LogP) is 4.43. The summed E-state index contributed by atoms with van der Waals surface area (Å²) in [6.07, 6.45) is 8.06. The van der Waals surface area contributed by atoms with Crippen molar-refractivity contribution >= 4 is 27.8 Å². The fraction of sp³-hybridized carbons (Fsp3) is 0.265. The summed E-state index contributed by atoms with van der Waals surface area (Å²) in [4.78, 5) is 36.9. The number of pyridine rings is 2. The Labute approximate surface area is 253 Å². The van der Waals surface area contributed by atoms with Gasteiger partial charge in [0.15, 0.2) is 0 Å². The molecule has 0 unspecified atom stereocenters. The van der Waals surface area contributed by atoms with Gasteiger partial charge in [0.2, 0.25) is 0 Å². The number of piperidine rings is 1. The minimum Gasteiger partial charge on any atom is -0.384 e. The SMILES string of the molecule is C[C@H](O)C(=O)N1CCC(c2ccc(-n3c(=O)n(C)c4cnc5ccc(-c6ccc(-c7cnn(C)c7)nc6)cc5c43)cc2)CC1. The first-order valence-corrected chi connectivity index (χ1v) is 14.8. The van der Waals surface area contributed by atoms with Crippen LogP contribution in [0.25, 0.3) is 50.0 Å². The van der Waals surface area contributed by atoms with Gasteiger partial charge in [-0.1, -0.05) is 24.3 Å². The van der Waals surface area contributed by atoms with Crippen molar-refractivity contribution < 1.29 is 9.90 Å². The number of rotatable bonds is 5. The number of likely N-dealkylation sites (tertiary alicyclic amines) is 1. The lowest BCUT2D eigenvalue weighted by atomic mass is 9.89. The third kappa shape index (κ3) is 4.77. The maximum atomic E-state index is 13.6. The lowest BCUT2D eigenvalue weighted by molar-refractivity contribution is -0.140. The Balaban J connectivity index is 1.23. The first-order valence-electron chi connectivity index (χ1n) is 14.8. The lowest BCUT2D eigenvalue weighted by Gasteiger charge is -2.33. The lowest BCUT2D eigenvalue weighted by Crippen LogP contribution is -2.42. The smallest absolute Gasteiger partial charge is 0.333 e. The number of amides is 1. The number of fused-ring (bicyclic) bond motifs is 3. The molecule has 10 nitrogen and oxygen atoms in total. The van der Waals surface area contributed by atoms with Gasteiger partial charge in [0, 0.05) is 56.1 Å². The Morgan fingerprint density at radius 2 is 1.66 bits per heavy atom. The van der Waals surface area contributed by atoms with Gasteiger partial charge >= 0.3 is 5.69 Å². The van der Waals surface area contributed by atoms with Crippen LogP contribution in [0.1, 0.15) is 31.2 Å². The molecule has 4 aromatic heterocycles. The van der Waals surface area contributed by atoms with Crippen LogP contribution in [0.3, 0.4) is 0 Å². The number of carbonyl (C=O) groups excluding carboxylic acids is 1. The molecule has 1 N–H and O–H groups in total. The highest BCUT2D eigenvalue weighted by molar-refractivity contribution is 6.04. The predicted molar refractivity (Wildman–Crippen MR) is 169 cm³/mol. The molecule has 44 heavy (non-hydrogen) atoms.